The fourth-order valence-electron chi connectivity index (χ4n) is 3.73. The van der Waals surface area contributed by atoms with Crippen molar-refractivity contribution < 1.29 is 13.2 Å². The minimum absolute atomic E-state index is 0.0823. The number of alkyl halides is 3. The molecule has 0 spiro atoms. The van der Waals surface area contributed by atoms with Gasteiger partial charge in [-0.2, -0.15) is 13.2 Å². The van der Waals surface area contributed by atoms with Gasteiger partial charge in [-0.05, 0) is 61.9 Å². The molecule has 4 nitrogen and oxygen atoms in total. The average Bonchev–Trinajstić information content (AvgIpc) is 3.26. The Morgan fingerprint density at radius 3 is 2.97 bits per heavy atom. The van der Waals surface area contributed by atoms with Crippen LogP contribution in [0, 0.1) is 0 Å². The summed E-state index contributed by atoms with van der Waals surface area (Å²) < 4.78 is 39.2. The molecule has 3 aliphatic rings. The van der Waals surface area contributed by atoms with Crippen molar-refractivity contribution in [2.75, 3.05) is 6.54 Å². The summed E-state index contributed by atoms with van der Waals surface area (Å²) in [7, 11) is 0. The van der Waals surface area contributed by atoms with Crippen molar-refractivity contribution >= 4 is 17.4 Å². The van der Waals surface area contributed by atoms with E-state index in [2.05, 4.69) is 34.4 Å². The number of nitrogens with one attached hydrogen (secondary N) is 3. The van der Waals surface area contributed by atoms with Gasteiger partial charge in [-0.1, -0.05) is 36.4 Å². The molecule has 0 saturated heterocycles. The summed E-state index contributed by atoms with van der Waals surface area (Å²) in [6.07, 6.45) is 10.7. The van der Waals surface area contributed by atoms with Gasteiger partial charge in [0, 0.05) is 6.42 Å². The van der Waals surface area contributed by atoms with Gasteiger partial charge in [-0.3, -0.25) is 4.99 Å². The van der Waals surface area contributed by atoms with Crippen molar-refractivity contribution in [1.29, 1.82) is 0 Å². The Morgan fingerprint density at radius 2 is 2.23 bits per heavy atom. The van der Waals surface area contributed by atoms with Gasteiger partial charge in [0.1, 0.15) is 5.84 Å². The van der Waals surface area contributed by atoms with E-state index in [-0.39, 0.29) is 29.7 Å². The molecule has 8 heteroatoms. The lowest BCUT2D eigenvalue weighted by Crippen LogP contribution is -2.39. The van der Waals surface area contributed by atoms with E-state index in [1.807, 2.05) is 30.6 Å². The van der Waals surface area contributed by atoms with Crippen LogP contribution in [0.4, 0.5) is 13.2 Å². The topological polar surface area (TPSA) is 48.5 Å². The van der Waals surface area contributed by atoms with Gasteiger partial charge in [0.05, 0.1) is 28.9 Å². The number of aliphatic imine (C=N–C) groups is 1. The summed E-state index contributed by atoms with van der Waals surface area (Å²) in [5.74, 6) is 0.650. The molecule has 0 aromatic carbocycles. The number of hydrogen-bond donors (Lipinski definition) is 3. The predicted octanol–water partition coefficient (Wildman–Crippen LogP) is 4.96. The Balaban J connectivity index is 1.55. The maximum atomic E-state index is 13.1. The van der Waals surface area contributed by atoms with Crippen molar-refractivity contribution in [3.63, 3.8) is 0 Å². The monoisotopic (exact) mass is 438 g/mol. The van der Waals surface area contributed by atoms with Crippen molar-refractivity contribution in [2.45, 2.75) is 50.5 Å². The van der Waals surface area contributed by atoms with Crippen LogP contribution in [-0.2, 0) is 0 Å². The summed E-state index contributed by atoms with van der Waals surface area (Å²) in [5, 5.41) is 9.71. The van der Waals surface area contributed by atoms with Gasteiger partial charge in [0.2, 0.25) is 0 Å². The first-order valence-corrected chi connectivity index (χ1v) is 10.2. The molecule has 0 fully saturated rings. The van der Waals surface area contributed by atoms with Crippen LogP contribution in [0.15, 0.2) is 76.1 Å². The van der Waals surface area contributed by atoms with E-state index in [0.29, 0.717) is 17.8 Å². The third-order valence-electron chi connectivity index (χ3n) is 5.20. The minimum atomic E-state index is -4.40. The largest absolute Gasteiger partial charge is 0.414 e. The third kappa shape index (κ3) is 5.59. The van der Waals surface area contributed by atoms with Crippen LogP contribution >= 0.6 is 11.6 Å². The zero-order valence-corrected chi connectivity index (χ0v) is 17.6. The summed E-state index contributed by atoms with van der Waals surface area (Å²) in [6, 6.07) is 0. The number of rotatable bonds is 7. The molecule has 3 N–H and O–H groups in total. The first-order chi connectivity index (χ1) is 14.2. The smallest absolute Gasteiger partial charge is 0.371 e. The molecule has 2 unspecified atom stereocenters. The van der Waals surface area contributed by atoms with Crippen LogP contribution < -0.4 is 16.0 Å². The van der Waals surface area contributed by atoms with E-state index in [4.69, 9.17) is 11.6 Å². The quantitative estimate of drug-likeness (QED) is 0.492. The molecule has 3 rings (SSSR count). The second-order valence-corrected chi connectivity index (χ2v) is 8.18. The molecule has 0 bridgehead atoms. The SMILES string of the molecule is C=C/C=C\NC1CC(CC2(C)C=CC(=NCC3=CCCC(C(F)(F)F)=C3Cl)N2)=CN1. The number of hydrogen-bond acceptors (Lipinski definition) is 3. The Bertz CT molecular complexity index is 864. The molecule has 1 aliphatic carbocycles. The minimum Gasteiger partial charge on any atom is -0.371 e. The lowest BCUT2D eigenvalue weighted by Gasteiger charge is -2.24. The van der Waals surface area contributed by atoms with E-state index >= 15 is 0 Å². The molecule has 0 aromatic heterocycles. The van der Waals surface area contributed by atoms with Crippen LogP contribution in [0.3, 0.4) is 0 Å². The van der Waals surface area contributed by atoms with Crippen LogP contribution in [-0.4, -0.2) is 30.3 Å². The van der Waals surface area contributed by atoms with Gasteiger partial charge in [0.25, 0.3) is 0 Å². The molecule has 162 valence electrons. The van der Waals surface area contributed by atoms with Crippen molar-refractivity contribution in [3.05, 3.63) is 71.1 Å². The highest BCUT2D eigenvalue weighted by Gasteiger charge is 2.37. The summed E-state index contributed by atoms with van der Waals surface area (Å²) >= 11 is 6.00. The Labute approximate surface area is 180 Å². The van der Waals surface area contributed by atoms with Crippen LogP contribution in [0.1, 0.15) is 32.6 Å². The molecular formula is C22H26ClF3N4. The first kappa shape index (κ1) is 22.3. The molecule has 0 saturated carbocycles. The van der Waals surface area contributed by atoms with Crippen molar-refractivity contribution in [2.24, 2.45) is 4.99 Å². The molecular weight excluding hydrogens is 413 g/mol. The summed E-state index contributed by atoms with van der Waals surface area (Å²) in [4.78, 5) is 4.45. The zero-order chi connectivity index (χ0) is 21.8. The van der Waals surface area contributed by atoms with Gasteiger partial charge in [-0.15, -0.1) is 0 Å². The van der Waals surface area contributed by atoms with Gasteiger partial charge in [0.15, 0.2) is 0 Å². The van der Waals surface area contributed by atoms with E-state index in [9.17, 15) is 13.2 Å². The lowest BCUT2D eigenvalue weighted by atomic mass is 9.93. The fourth-order valence-corrected chi connectivity index (χ4v) is 4.07. The van der Waals surface area contributed by atoms with Crippen LogP contribution in [0.2, 0.25) is 0 Å². The van der Waals surface area contributed by atoms with E-state index in [0.717, 1.165) is 12.8 Å². The van der Waals surface area contributed by atoms with Gasteiger partial charge in [-0.25, -0.2) is 0 Å². The Hall–Kier alpha value is -2.41. The molecule has 0 amide bonds. The molecule has 2 atom stereocenters. The maximum Gasteiger partial charge on any atom is 0.414 e. The summed E-state index contributed by atoms with van der Waals surface area (Å²) in [6.45, 7) is 5.82. The standard InChI is InChI=1S/C22H26ClF3N4/c1-3-4-10-27-19-11-15(13-28-19)12-21(2)9-8-18(30-21)29-14-16-6-5-7-17(20(16)23)22(24,25)26/h3-4,6,8-10,13,19,27-28H,1,5,7,11-12,14H2,2H3,(H,29,30)/b10-4-. The number of nitrogens with zero attached hydrogens (tertiary/aromatic N) is 1. The molecule has 2 aliphatic heterocycles. The molecule has 30 heavy (non-hydrogen) atoms. The normalized spacial score (nSPS) is 27.9. The second-order valence-electron chi connectivity index (χ2n) is 7.80. The maximum absolute atomic E-state index is 13.1. The van der Waals surface area contributed by atoms with Crippen molar-refractivity contribution in [3.8, 4) is 0 Å². The van der Waals surface area contributed by atoms with Crippen LogP contribution in [0.25, 0.3) is 0 Å². The van der Waals surface area contributed by atoms with Crippen molar-refractivity contribution in [1.82, 2.24) is 16.0 Å². The molecule has 0 radical (unpaired) electrons. The average molecular weight is 439 g/mol. The third-order valence-corrected chi connectivity index (χ3v) is 5.67. The van der Waals surface area contributed by atoms with E-state index in [1.165, 1.54) is 5.57 Å². The number of halogens is 4. The molecule has 0 aromatic rings. The fraction of sp³-hybridized carbons (Fsp3) is 0.409. The summed E-state index contributed by atoms with van der Waals surface area (Å²) in [5.41, 5.74) is 0.732. The second kappa shape index (κ2) is 9.16. The van der Waals surface area contributed by atoms with Gasteiger partial charge >= 0.3 is 6.18 Å². The highest BCUT2D eigenvalue weighted by molar-refractivity contribution is 6.32. The highest BCUT2D eigenvalue weighted by Crippen LogP contribution is 2.39. The number of amidine groups is 1. The predicted molar refractivity (Wildman–Crippen MR) is 116 cm³/mol. The van der Waals surface area contributed by atoms with Gasteiger partial charge < -0.3 is 16.0 Å². The van der Waals surface area contributed by atoms with E-state index < -0.39 is 11.7 Å². The van der Waals surface area contributed by atoms with E-state index in [1.54, 1.807) is 12.2 Å². The van der Waals surface area contributed by atoms with Crippen LogP contribution in [0.5, 0.6) is 0 Å². The highest BCUT2D eigenvalue weighted by atomic mass is 35.5. The lowest BCUT2D eigenvalue weighted by molar-refractivity contribution is -0.0944. The Kier molecular flexibility index (Phi) is 6.81. The Morgan fingerprint density at radius 1 is 1.43 bits per heavy atom. The molecule has 2 heterocycles. The first-order valence-electron chi connectivity index (χ1n) is 9.85. The number of allylic oxidation sites excluding steroid dienone is 4. The zero-order valence-electron chi connectivity index (χ0n) is 16.8.